The Balaban J connectivity index is 1.54. The lowest BCUT2D eigenvalue weighted by atomic mass is 9.87. The van der Waals surface area contributed by atoms with Gasteiger partial charge in [-0.2, -0.15) is 0 Å². The van der Waals surface area contributed by atoms with Crippen LogP contribution >= 0.6 is 34.8 Å². The molecule has 0 saturated heterocycles. The molecule has 1 N–H and O–H groups in total. The van der Waals surface area contributed by atoms with Gasteiger partial charge in [-0.1, -0.05) is 59.1 Å². The summed E-state index contributed by atoms with van der Waals surface area (Å²) in [4.78, 5) is 26.0. The number of hydrogen-bond acceptors (Lipinski definition) is 3. The Hall–Kier alpha value is -2.73. The van der Waals surface area contributed by atoms with E-state index in [1.807, 2.05) is 24.3 Å². The van der Waals surface area contributed by atoms with Crippen molar-refractivity contribution in [2.24, 2.45) is 0 Å². The Bertz CT molecular complexity index is 1280. The van der Waals surface area contributed by atoms with Gasteiger partial charge in [0.2, 0.25) is 0 Å². The number of aliphatic carboxylic acids is 1. The number of carboxylic acid groups (broad SMARTS) is 1. The maximum Gasteiger partial charge on any atom is 0.323 e. The molecule has 0 saturated carbocycles. The zero-order valence-corrected chi connectivity index (χ0v) is 21.3. The van der Waals surface area contributed by atoms with Crippen molar-refractivity contribution in [2.75, 3.05) is 6.54 Å². The molecule has 182 valence electrons. The minimum Gasteiger partial charge on any atom is -0.487 e. The molecule has 0 spiro atoms. The summed E-state index contributed by atoms with van der Waals surface area (Å²) in [6.45, 7) is 1.63. The second kappa shape index (κ2) is 10.5. The first-order valence-corrected chi connectivity index (χ1v) is 12.3. The number of carbonyl (C=O) groups is 2. The molecule has 0 aromatic heterocycles. The molecule has 1 amide bonds. The highest BCUT2D eigenvalue weighted by Gasteiger charge is 2.32. The van der Waals surface area contributed by atoms with Crippen LogP contribution in [0.25, 0.3) is 0 Å². The summed E-state index contributed by atoms with van der Waals surface area (Å²) in [7, 11) is 0. The Morgan fingerprint density at radius 1 is 1.06 bits per heavy atom. The highest BCUT2D eigenvalue weighted by Crippen LogP contribution is 2.36. The molecule has 8 heteroatoms. The third kappa shape index (κ3) is 6.10. The number of halogens is 3. The molecule has 0 bridgehead atoms. The number of ether oxygens (including phenoxy) is 1. The Labute approximate surface area is 219 Å². The van der Waals surface area contributed by atoms with Gasteiger partial charge in [0.25, 0.3) is 5.91 Å². The van der Waals surface area contributed by atoms with Crippen molar-refractivity contribution < 1.29 is 19.4 Å². The first kappa shape index (κ1) is 25.4. The molecule has 5 nitrogen and oxygen atoms in total. The molecule has 0 unspecified atom stereocenters. The quantitative estimate of drug-likeness (QED) is 0.368. The van der Waals surface area contributed by atoms with Crippen molar-refractivity contribution in [2.45, 2.75) is 38.3 Å². The largest absolute Gasteiger partial charge is 0.487 e. The van der Waals surface area contributed by atoms with Crippen molar-refractivity contribution in [3.63, 3.8) is 0 Å². The third-order valence-electron chi connectivity index (χ3n) is 6.06. The summed E-state index contributed by atoms with van der Waals surface area (Å²) in [5.74, 6) is -0.798. The number of amides is 1. The average molecular weight is 533 g/mol. The van der Waals surface area contributed by atoms with E-state index < -0.39 is 24.0 Å². The van der Waals surface area contributed by atoms with Gasteiger partial charge < -0.3 is 14.7 Å². The fourth-order valence-electron chi connectivity index (χ4n) is 4.35. The number of carboxylic acids is 1. The van der Waals surface area contributed by atoms with Crippen LogP contribution in [-0.4, -0.2) is 34.0 Å². The molecule has 35 heavy (non-hydrogen) atoms. The van der Waals surface area contributed by atoms with Crippen molar-refractivity contribution in [1.29, 1.82) is 0 Å². The van der Waals surface area contributed by atoms with E-state index in [0.29, 0.717) is 32.6 Å². The SMILES string of the molecule is C[C@@]1(Cc2cccc(Cl)c2)CCc2cc(C(=O)N(CC(=O)O)Cc3cccc(Cl)c3Cl)ccc2O1. The van der Waals surface area contributed by atoms with E-state index in [2.05, 4.69) is 6.92 Å². The number of hydrogen-bond donors (Lipinski definition) is 1. The van der Waals surface area contributed by atoms with E-state index in [0.717, 1.165) is 29.7 Å². The maximum atomic E-state index is 13.3. The summed E-state index contributed by atoms with van der Waals surface area (Å²) < 4.78 is 6.35. The van der Waals surface area contributed by atoms with Crippen molar-refractivity contribution in [1.82, 2.24) is 4.90 Å². The van der Waals surface area contributed by atoms with Gasteiger partial charge in [0, 0.05) is 23.6 Å². The number of aryl methyl sites for hydroxylation is 1. The van der Waals surface area contributed by atoms with Crippen molar-refractivity contribution >= 4 is 46.7 Å². The molecule has 1 aliphatic rings. The fraction of sp³-hybridized carbons (Fsp3) is 0.259. The molecule has 0 radical (unpaired) electrons. The van der Waals surface area contributed by atoms with Gasteiger partial charge >= 0.3 is 5.97 Å². The highest BCUT2D eigenvalue weighted by atomic mass is 35.5. The smallest absolute Gasteiger partial charge is 0.323 e. The molecular formula is C27H24Cl3NO4. The lowest BCUT2D eigenvalue weighted by Gasteiger charge is -2.36. The van der Waals surface area contributed by atoms with Crippen LogP contribution < -0.4 is 4.74 Å². The Kier molecular flexibility index (Phi) is 7.60. The zero-order chi connectivity index (χ0) is 25.2. The molecule has 1 atom stereocenters. The molecule has 0 aliphatic carbocycles. The summed E-state index contributed by atoms with van der Waals surface area (Å²) in [5.41, 5.74) is 2.58. The first-order chi connectivity index (χ1) is 16.6. The van der Waals surface area contributed by atoms with Crippen molar-refractivity contribution in [3.8, 4) is 5.75 Å². The lowest BCUT2D eigenvalue weighted by Crippen LogP contribution is -2.39. The second-order valence-electron chi connectivity index (χ2n) is 8.95. The fourth-order valence-corrected chi connectivity index (χ4v) is 4.94. The summed E-state index contributed by atoms with van der Waals surface area (Å²) in [6.07, 6.45) is 2.20. The van der Waals surface area contributed by atoms with Gasteiger partial charge in [-0.05, 0) is 72.9 Å². The number of benzene rings is 3. The third-order valence-corrected chi connectivity index (χ3v) is 7.15. The second-order valence-corrected chi connectivity index (χ2v) is 10.2. The van der Waals surface area contributed by atoms with E-state index in [4.69, 9.17) is 39.5 Å². The van der Waals surface area contributed by atoms with Crippen LogP contribution in [0.15, 0.2) is 60.7 Å². The minimum atomic E-state index is -1.12. The minimum absolute atomic E-state index is 0.0236. The van der Waals surface area contributed by atoms with E-state index in [1.54, 1.807) is 36.4 Å². The predicted octanol–water partition coefficient (Wildman–Crippen LogP) is 6.70. The Morgan fingerprint density at radius 2 is 1.83 bits per heavy atom. The molecule has 0 fully saturated rings. The summed E-state index contributed by atoms with van der Waals surface area (Å²) in [6, 6.07) is 18.0. The lowest BCUT2D eigenvalue weighted by molar-refractivity contribution is -0.137. The number of rotatable bonds is 7. The normalized spacial score (nSPS) is 16.8. The molecular weight excluding hydrogens is 509 g/mol. The van der Waals surface area contributed by atoms with Gasteiger partial charge in [-0.25, -0.2) is 0 Å². The van der Waals surface area contributed by atoms with Gasteiger partial charge in [0.1, 0.15) is 17.9 Å². The van der Waals surface area contributed by atoms with E-state index in [9.17, 15) is 14.7 Å². The monoisotopic (exact) mass is 531 g/mol. The number of fused-ring (bicyclic) bond motifs is 1. The molecule has 1 aliphatic heterocycles. The standard InChI is InChI=1S/C27H24Cl3NO4/c1-27(14-17-4-2-6-21(28)12-17)11-10-18-13-19(8-9-23(18)35-27)26(34)31(16-24(32)33)15-20-5-3-7-22(29)25(20)30/h2-9,12-13H,10-11,14-16H2,1H3,(H,32,33)/t27-/m0/s1. The predicted molar refractivity (Wildman–Crippen MR) is 138 cm³/mol. The average Bonchev–Trinajstić information content (AvgIpc) is 2.80. The molecule has 4 rings (SSSR count). The Morgan fingerprint density at radius 3 is 2.57 bits per heavy atom. The summed E-state index contributed by atoms with van der Waals surface area (Å²) >= 11 is 18.5. The van der Waals surface area contributed by atoms with Crippen LogP contribution in [-0.2, 0) is 24.2 Å². The highest BCUT2D eigenvalue weighted by molar-refractivity contribution is 6.42. The van der Waals surface area contributed by atoms with Crippen LogP contribution in [0.4, 0.5) is 0 Å². The maximum absolute atomic E-state index is 13.3. The van der Waals surface area contributed by atoms with Crippen LogP contribution in [0.3, 0.4) is 0 Å². The van der Waals surface area contributed by atoms with Crippen LogP contribution in [0.5, 0.6) is 5.75 Å². The molecule has 3 aromatic rings. The number of nitrogens with zero attached hydrogens (tertiary/aromatic N) is 1. The first-order valence-electron chi connectivity index (χ1n) is 11.1. The molecule has 3 aromatic carbocycles. The van der Waals surface area contributed by atoms with Crippen LogP contribution in [0.2, 0.25) is 15.1 Å². The van der Waals surface area contributed by atoms with Gasteiger partial charge in [0.15, 0.2) is 0 Å². The van der Waals surface area contributed by atoms with Crippen LogP contribution in [0, 0.1) is 0 Å². The van der Waals surface area contributed by atoms with Gasteiger partial charge in [0.05, 0.1) is 10.0 Å². The topological polar surface area (TPSA) is 66.8 Å². The van der Waals surface area contributed by atoms with Crippen molar-refractivity contribution in [3.05, 3.63) is 98.0 Å². The zero-order valence-electron chi connectivity index (χ0n) is 19.1. The van der Waals surface area contributed by atoms with E-state index in [-0.39, 0.29) is 6.54 Å². The van der Waals surface area contributed by atoms with E-state index >= 15 is 0 Å². The van der Waals surface area contributed by atoms with Gasteiger partial charge in [-0.3, -0.25) is 9.59 Å². The molecule has 1 heterocycles. The van der Waals surface area contributed by atoms with Gasteiger partial charge in [-0.15, -0.1) is 0 Å². The number of carbonyl (C=O) groups excluding carboxylic acids is 1. The summed E-state index contributed by atoms with van der Waals surface area (Å²) in [5, 5.41) is 10.7. The van der Waals surface area contributed by atoms with E-state index in [1.165, 1.54) is 4.90 Å². The van der Waals surface area contributed by atoms with Crippen LogP contribution in [0.1, 0.15) is 40.4 Å².